The molecule has 1 heterocycles. The number of benzene rings is 1. The Morgan fingerprint density at radius 1 is 1.14 bits per heavy atom. The summed E-state index contributed by atoms with van der Waals surface area (Å²) in [6.45, 7) is 3.11. The molecule has 0 spiro atoms. The Morgan fingerprint density at radius 2 is 1.86 bits per heavy atom. The summed E-state index contributed by atoms with van der Waals surface area (Å²) in [7, 11) is 2.08. The first-order chi connectivity index (χ1) is 6.75. The first-order valence-corrected chi connectivity index (χ1v) is 4.91. The third-order valence-corrected chi connectivity index (χ3v) is 2.49. The fourth-order valence-electron chi connectivity index (χ4n) is 1.54. The third-order valence-electron chi connectivity index (χ3n) is 2.49. The summed E-state index contributed by atoms with van der Waals surface area (Å²) < 4.78 is 0. The van der Waals surface area contributed by atoms with Crippen LogP contribution in [0.3, 0.4) is 0 Å². The van der Waals surface area contributed by atoms with E-state index in [1.54, 1.807) is 0 Å². The van der Waals surface area contributed by atoms with E-state index >= 15 is 0 Å². The molecule has 1 nitrogen and oxygen atoms in total. The van der Waals surface area contributed by atoms with Crippen LogP contribution < -0.4 is 0 Å². The maximum absolute atomic E-state index is 2.25. The van der Waals surface area contributed by atoms with E-state index in [2.05, 4.69) is 61.5 Å². The van der Waals surface area contributed by atoms with Crippen LogP contribution in [0, 0.1) is 6.92 Å². The molecule has 72 valence electrons. The van der Waals surface area contributed by atoms with Crippen molar-refractivity contribution in [3.05, 3.63) is 53.7 Å². The lowest BCUT2D eigenvalue weighted by molar-refractivity contribution is 0.506. The molecule has 0 saturated carbocycles. The van der Waals surface area contributed by atoms with E-state index in [4.69, 9.17) is 0 Å². The highest BCUT2D eigenvalue weighted by Crippen LogP contribution is 2.19. The van der Waals surface area contributed by atoms with Crippen LogP contribution in [0.1, 0.15) is 11.1 Å². The SMILES string of the molecule is Cc1ccc(C2=CCN(C)C=C2)cc1. The Kier molecular flexibility index (Phi) is 2.40. The topological polar surface area (TPSA) is 3.24 Å². The first kappa shape index (κ1) is 9.07. The van der Waals surface area contributed by atoms with Crippen molar-refractivity contribution in [3.63, 3.8) is 0 Å². The molecule has 0 aromatic heterocycles. The van der Waals surface area contributed by atoms with E-state index < -0.39 is 0 Å². The van der Waals surface area contributed by atoms with Crippen LogP contribution in [-0.4, -0.2) is 18.5 Å². The van der Waals surface area contributed by atoms with Gasteiger partial charge in [0.1, 0.15) is 0 Å². The molecule has 0 saturated heterocycles. The average molecular weight is 185 g/mol. The summed E-state index contributed by atoms with van der Waals surface area (Å²) in [4.78, 5) is 2.16. The zero-order chi connectivity index (χ0) is 9.97. The molecule has 0 atom stereocenters. The van der Waals surface area contributed by atoms with Crippen molar-refractivity contribution in [2.45, 2.75) is 6.92 Å². The Morgan fingerprint density at radius 3 is 2.43 bits per heavy atom. The lowest BCUT2D eigenvalue weighted by Crippen LogP contribution is -2.13. The number of hydrogen-bond acceptors (Lipinski definition) is 1. The summed E-state index contributed by atoms with van der Waals surface area (Å²) in [6, 6.07) is 8.66. The highest BCUT2D eigenvalue weighted by atomic mass is 15.1. The molecule has 0 unspecified atom stereocenters. The molecule has 0 amide bonds. The standard InChI is InChI=1S/C13H15N/c1-11-3-5-12(6-4-11)13-7-9-14(2)10-8-13/h3-9H,10H2,1-2H3. The number of likely N-dealkylation sites (N-methyl/N-ethyl adjacent to an activating group) is 1. The Bertz CT molecular complexity index is 371. The van der Waals surface area contributed by atoms with Gasteiger partial charge in [0.05, 0.1) is 0 Å². The van der Waals surface area contributed by atoms with Gasteiger partial charge in [0.15, 0.2) is 0 Å². The lowest BCUT2D eigenvalue weighted by Gasteiger charge is -2.17. The van der Waals surface area contributed by atoms with Crippen LogP contribution in [0.25, 0.3) is 5.57 Å². The fourth-order valence-corrected chi connectivity index (χ4v) is 1.54. The van der Waals surface area contributed by atoms with Gasteiger partial charge in [-0.2, -0.15) is 0 Å². The number of aryl methyl sites for hydroxylation is 1. The molecule has 1 aliphatic rings. The zero-order valence-corrected chi connectivity index (χ0v) is 8.70. The summed E-state index contributed by atoms with van der Waals surface area (Å²) in [5.74, 6) is 0. The van der Waals surface area contributed by atoms with Gasteiger partial charge >= 0.3 is 0 Å². The van der Waals surface area contributed by atoms with Gasteiger partial charge in [-0.25, -0.2) is 0 Å². The fraction of sp³-hybridized carbons (Fsp3) is 0.231. The van der Waals surface area contributed by atoms with E-state index in [0.29, 0.717) is 0 Å². The Hall–Kier alpha value is -1.50. The maximum Gasteiger partial charge on any atom is 0.0359 e. The molecule has 14 heavy (non-hydrogen) atoms. The summed E-state index contributed by atoms with van der Waals surface area (Å²) in [5, 5.41) is 0. The Labute approximate surface area is 85.4 Å². The molecule has 1 aliphatic heterocycles. The van der Waals surface area contributed by atoms with Crippen molar-refractivity contribution in [1.29, 1.82) is 0 Å². The molecular weight excluding hydrogens is 170 g/mol. The molecule has 1 aromatic carbocycles. The predicted octanol–water partition coefficient (Wildman–Crippen LogP) is 2.84. The minimum absolute atomic E-state index is 1.000. The molecule has 0 fully saturated rings. The van der Waals surface area contributed by atoms with E-state index in [0.717, 1.165) is 6.54 Å². The molecule has 1 heteroatoms. The molecule has 1 aromatic rings. The van der Waals surface area contributed by atoms with Crippen LogP contribution in [0.15, 0.2) is 42.6 Å². The highest BCUT2D eigenvalue weighted by molar-refractivity contribution is 5.74. The number of nitrogens with zero attached hydrogens (tertiary/aromatic N) is 1. The lowest BCUT2D eigenvalue weighted by atomic mass is 10.0. The maximum atomic E-state index is 2.25. The first-order valence-electron chi connectivity index (χ1n) is 4.91. The minimum Gasteiger partial charge on any atom is -0.377 e. The van der Waals surface area contributed by atoms with E-state index in [1.807, 2.05) is 0 Å². The quantitative estimate of drug-likeness (QED) is 0.650. The molecule has 2 rings (SSSR count). The monoisotopic (exact) mass is 185 g/mol. The van der Waals surface area contributed by atoms with Crippen molar-refractivity contribution >= 4 is 5.57 Å². The number of allylic oxidation sites excluding steroid dienone is 2. The van der Waals surface area contributed by atoms with E-state index in [-0.39, 0.29) is 0 Å². The van der Waals surface area contributed by atoms with Gasteiger partial charge in [-0.3, -0.25) is 0 Å². The minimum atomic E-state index is 1.000. The smallest absolute Gasteiger partial charge is 0.0359 e. The second-order valence-corrected chi connectivity index (χ2v) is 3.78. The molecule has 0 radical (unpaired) electrons. The number of rotatable bonds is 1. The van der Waals surface area contributed by atoms with Crippen molar-refractivity contribution in [3.8, 4) is 0 Å². The van der Waals surface area contributed by atoms with Crippen molar-refractivity contribution in [1.82, 2.24) is 4.90 Å². The van der Waals surface area contributed by atoms with Gasteiger partial charge in [0.25, 0.3) is 0 Å². The summed E-state index contributed by atoms with van der Waals surface area (Å²) in [6.07, 6.45) is 6.54. The van der Waals surface area contributed by atoms with Crippen LogP contribution in [0.2, 0.25) is 0 Å². The van der Waals surface area contributed by atoms with Crippen LogP contribution >= 0.6 is 0 Å². The normalized spacial score (nSPS) is 15.6. The number of hydrogen-bond donors (Lipinski definition) is 0. The van der Waals surface area contributed by atoms with Gasteiger partial charge in [0, 0.05) is 13.6 Å². The second kappa shape index (κ2) is 3.70. The molecule has 0 aliphatic carbocycles. The van der Waals surface area contributed by atoms with Crippen LogP contribution in [-0.2, 0) is 0 Å². The van der Waals surface area contributed by atoms with E-state index in [9.17, 15) is 0 Å². The van der Waals surface area contributed by atoms with Crippen molar-refractivity contribution in [2.75, 3.05) is 13.6 Å². The molecular formula is C13H15N. The van der Waals surface area contributed by atoms with E-state index in [1.165, 1.54) is 16.7 Å². The van der Waals surface area contributed by atoms with Gasteiger partial charge in [-0.05, 0) is 30.3 Å². The van der Waals surface area contributed by atoms with Crippen LogP contribution in [0.5, 0.6) is 0 Å². The van der Waals surface area contributed by atoms with Gasteiger partial charge in [-0.15, -0.1) is 0 Å². The van der Waals surface area contributed by atoms with Crippen molar-refractivity contribution in [2.24, 2.45) is 0 Å². The van der Waals surface area contributed by atoms with Crippen molar-refractivity contribution < 1.29 is 0 Å². The largest absolute Gasteiger partial charge is 0.377 e. The molecule has 0 bridgehead atoms. The summed E-state index contributed by atoms with van der Waals surface area (Å²) >= 11 is 0. The highest BCUT2D eigenvalue weighted by Gasteiger charge is 2.02. The van der Waals surface area contributed by atoms with Crippen LogP contribution in [0.4, 0.5) is 0 Å². The average Bonchev–Trinajstić information content (AvgIpc) is 2.21. The summed E-state index contributed by atoms with van der Waals surface area (Å²) in [5.41, 5.74) is 3.94. The van der Waals surface area contributed by atoms with Gasteiger partial charge in [0.2, 0.25) is 0 Å². The third kappa shape index (κ3) is 1.87. The predicted molar refractivity (Wildman–Crippen MR) is 60.9 cm³/mol. The molecule has 0 N–H and O–H groups in total. The zero-order valence-electron chi connectivity index (χ0n) is 8.70. The van der Waals surface area contributed by atoms with Gasteiger partial charge in [-0.1, -0.05) is 35.9 Å². The second-order valence-electron chi connectivity index (χ2n) is 3.78. The van der Waals surface area contributed by atoms with Gasteiger partial charge < -0.3 is 4.90 Å². The Balaban J connectivity index is 2.24.